The van der Waals surface area contributed by atoms with Crippen molar-refractivity contribution in [2.24, 2.45) is 17.8 Å². The molecular weight excluding hydrogens is 174 g/mol. The fourth-order valence-corrected chi connectivity index (χ4v) is 2.52. The molecule has 82 valence electrons. The third kappa shape index (κ3) is 2.81. The Labute approximate surface area is 87.5 Å². The van der Waals surface area contributed by atoms with E-state index >= 15 is 0 Å². The highest BCUT2D eigenvalue weighted by Crippen LogP contribution is 2.31. The zero-order chi connectivity index (χ0) is 10.6. The van der Waals surface area contributed by atoms with Gasteiger partial charge in [-0.25, -0.2) is 0 Å². The van der Waals surface area contributed by atoms with Crippen LogP contribution in [-0.2, 0) is 4.79 Å². The van der Waals surface area contributed by atoms with E-state index in [1.807, 2.05) is 20.9 Å². The summed E-state index contributed by atoms with van der Waals surface area (Å²) in [6.07, 6.45) is 4.88. The fraction of sp³-hybridized carbons (Fsp3) is 0.917. The van der Waals surface area contributed by atoms with Crippen LogP contribution >= 0.6 is 0 Å². The van der Waals surface area contributed by atoms with Crippen molar-refractivity contribution in [1.29, 1.82) is 0 Å². The first-order valence-corrected chi connectivity index (χ1v) is 5.85. The topological polar surface area (TPSA) is 29.1 Å². The molecule has 2 nitrogen and oxygen atoms in total. The molecule has 1 N–H and O–H groups in total. The molecule has 1 rings (SSSR count). The summed E-state index contributed by atoms with van der Waals surface area (Å²) >= 11 is 0. The largest absolute Gasteiger partial charge is 0.319 e. The summed E-state index contributed by atoms with van der Waals surface area (Å²) in [6.45, 7) is 5.05. The third-order valence-electron chi connectivity index (χ3n) is 3.31. The quantitative estimate of drug-likeness (QED) is 0.749. The van der Waals surface area contributed by atoms with E-state index in [0.717, 1.165) is 13.0 Å². The number of carbonyl (C=O) groups is 1. The lowest BCUT2D eigenvalue weighted by atomic mass is 9.74. The maximum absolute atomic E-state index is 12.0. The highest BCUT2D eigenvalue weighted by molar-refractivity contribution is 5.83. The predicted octanol–water partition coefficient (Wildman–Crippen LogP) is 2.24. The number of carbonyl (C=O) groups excluding carboxylic acids is 1. The average Bonchev–Trinajstić information content (AvgIpc) is 2.18. The Bertz CT molecular complexity index is 187. The molecule has 0 aromatic heterocycles. The van der Waals surface area contributed by atoms with Gasteiger partial charge in [-0.1, -0.05) is 26.7 Å². The standard InChI is InChI=1S/C12H23NO/c1-9(2)12(14)11-7-5-4-6-10(11)8-13-3/h9-11,13H,4-8H2,1-3H3. The number of hydrogen-bond acceptors (Lipinski definition) is 2. The lowest BCUT2D eigenvalue weighted by molar-refractivity contribution is -0.128. The van der Waals surface area contributed by atoms with Crippen LogP contribution in [0.4, 0.5) is 0 Å². The third-order valence-corrected chi connectivity index (χ3v) is 3.31. The van der Waals surface area contributed by atoms with Crippen LogP contribution in [0.5, 0.6) is 0 Å². The van der Waals surface area contributed by atoms with Crippen LogP contribution in [0, 0.1) is 17.8 Å². The molecule has 14 heavy (non-hydrogen) atoms. The molecule has 0 radical (unpaired) electrons. The number of Topliss-reactive ketones (excluding diaryl/α,β-unsaturated/α-hetero) is 1. The molecule has 0 bridgehead atoms. The Morgan fingerprint density at radius 3 is 2.57 bits per heavy atom. The molecule has 1 aliphatic rings. The van der Waals surface area contributed by atoms with Crippen LogP contribution in [0.2, 0.25) is 0 Å². The highest BCUT2D eigenvalue weighted by atomic mass is 16.1. The molecule has 0 heterocycles. The van der Waals surface area contributed by atoms with Crippen molar-refractivity contribution in [2.75, 3.05) is 13.6 Å². The second-order valence-electron chi connectivity index (χ2n) is 4.77. The van der Waals surface area contributed by atoms with E-state index in [1.54, 1.807) is 0 Å². The van der Waals surface area contributed by atoms with Crippen LogP contribution in [0.25, 0.3) is 0 Å². The fourth-order valence-electron chi connectivity index (χ4n) is 2.52. The zero-order valence-corrected chi connectivity index (χ0v) is 9.68. The summed E-state index contributed by atoms with van der Waals surface area (Å²) in [5.74, 6) is 1.60. The number of ketones is 1. The molecule has 0 aliphatic heterocycles. The van der Waals surface area contributed by atoms with Crippen molar-refractivity contribution in [3.8, 4) is 0 Å². The second kappa shape index (κ2) is 5.50. The first-order chi connectivity index (χ1) is 6.66. The Balaban J connectivity index is 2.57. The maximum atomic E-state index is 12.0. The minimum atomic E-state index is 0.206. The Hall–Kier alpha value is -0.370. The highest BCUT2D eigenvalue weighted by Gasteiger charge is 2.31. The average molecular weight is 197 g/mol. The molecule has 1 aliphatic carbocycles. The van der Waals surface area contributed by atoms with Crippen LogP contribution in [0.3, 0.4) is 0 Å². The first-order valence-electron chi connectivity index (χ1n) is 5.85. The van der Waals surface area contributed by atoms with Gasteiger partial charge < -0.3 is 5.32 Å². The van der Waals surface area contributed by atoms with E-state index in [0.29, 0.717) is 17.6 Å². The van der Waals surface area contributed by atoms with Crippen LogP contribution in [0.1, 0.15) is 39.5 Å². The van der Waals surface area contributed by atoms with Crippen LogP contribution in [0.15, 0.2) is 0 Å². The van der Waals surface area contributed by atoms with E-state index < -0.39 is 0 Å². The van der Waals surface area contributed by atoms with Gasteiger partial charge in [-0.2, -0.15) is 0 Å². The van der Waals surface area contributed by atoms with Gasteiger partial charge in [0.15, 0.2) is 0 Å². The molecule has 1 saturated carbocycles. The van der Waals surface area contributed by atoms with Crippen molar-refractivity contribution in [3.05, 3.63) is 0 Å². The zero-order valence-electron chi connectivity index (χ0n) is 9.68. The van der Waals surface area contributed by atoms with E-state index in [-0.39, 0.29) is 5.92 Å². The Kier molecular flexibility index (Phi) is 4.59. The monoisotopic (exact) mass is 197 g/mol. The van der Waals surface area contributed by atoms with Gasteiger partial charge in [0.1, 0.15) is 5.78 Å². The van der Waals surface area contributed by atoms with Crippen LogP contribution in [-0.4, -0.2) is 19.4 Å². The van der Waals surface area contributed by atoms with E-state index in [2.05, 4.69) is 5.32 Å². The van der Waals surface area contributed by atoms with Gasteiger partial charge >= 0.3 is 0 Å². The maximum Gasteiger partial charge on any atom is 0.138 e. The van der Waals surface area contributed by atoms with Gasteiger partial charge in [0.25, 0.3) is 0 Å². The molecule has 0 aromatic carbocycles. The Morgan fingerprint density at radius 2 is 2.00 bits per heavy atom. The SMILES string of the molecule is CNCC1CCCCC1C(=O)C(C)C. The molecule has 2 unspecified atom stereocenters. The summed E-state index contributed by atoms with van der Waals surface area (Å²) in [6, 6.07) is 0. The van der Waals surface area contributed by atoms with Crippen molar-refractivity contribution in [3.63, 3.8) is 0 Å². The lowest BCUT2D eigenvalue weighted by Crippen LogP contribution is -2.35. The summed E-state index contributed by atoms with van der Waals surface area (Å²) in [4.78, 5) is 12.0. The number of hydrogen-bond donors (Lipinski definition) is 1. The normalized spacial score (nSPS) is 28.0. The molecule has 0 spiro atoms. The molecule has 1 fully saturated rings. The van der Waals surface area contributed by atoms with E-state index in [9.17, 15) is 4.79 Å². The minimum Gasteiger partial charge on any atom is -0.319 e. The molecule has 0 amide bonds. The molecule has 0 saturated heterocycles. The van der Waals surface area contributed by atoms with Gasteiger partial charge in [-0.3, -0.25) is 4.79 Å². The minimum absolute atomic E-state index is 0.206. The van der Waals surface area contributed by atoms with Gasteiger partial charge in [0.05, 0.1) is 0 Å². The molecular formula is C12H23NO. The van der Waals surface area contributed by atoms with Crippen molar-refractivity contribution < 1.29 is 4.79 Å². The molecule has 0 aromatic rings. The second-order valence-corrected chi connectivity index (χ2v) is 4.77. The van der Waals surface area contributed by atoms with Crippen molar-refractivity contribution >= 4 is 5.78 Å². The lowest BCUT2D eigenvalue weighted by Gasteiger charge is -2.31. The van der Waals surface area contributed by atoms with E-state index in [4.69, 9.17) is 0 Å². The summed E-state index contributed by atoms with van der Waals surface area (Å²) in [5, 5.41) is 3.21. The van der Waals surface area contributed by atoms with Gasteiger partial charge in [-0.05, 0) is 32.4 Å². The van der Waals surface area contributed by atoms with Gasteiger partial charge in [0, 0.05) is 11.8 Å². The Morgan fingerprint density at radius 1 is 1.36 bits per heavy atom. The first kappa shape index (κ1) is 11.7. The van der Waals surface area contributed by atoms with E-state index in [1.165, 1.54) is 19.3 Å². The summed E-state index contributed by atoms with van der Waals surface area (Å²) in [7, 11) is 1.98. The van der Waals surface area contributed by atoms with Gasteiger partial charge in [-0.15, -0.1) is 0 Å². The van der Waals surface area contributed by atoms with Gasteiger partial charge in [0.2, 0.25) is 0 Å². The number of rotatable bonds is 4. The molecule has 2 heteroatoms. The summed E-state index contributed by atoms with van der Waals surface area (Å²) in [5.41, 5.74) is 0. The molecule has 2 atom stereocenters. The summed E-state index contributed by atoms with van der Waals surface area (Å²) < 4.78 is 0. The predicted molar refractivity (Wildman–Crippen MR) is 59.2 cm³/mol. The van der Waals surface area contributed by atoms with Crippen molar-refractivity contribution in [1.82, 2.24) is 5.32 Å². The number of nitrogens with one attached hydrogen (secondary N) is 1. The van der Waals surface area contributed by atoms with Crippen LogP contribution < -0.4 is 5.32 Å². The van der Waals surface area contributed by atoms with Crippen molar-refractivity contribution in [2.45, 2.75) is 39.5 Å². The smallest absolute Gasteiger partial charge is 0.138 e.